The van der Waals surface area contributed by atoms with E-state index in [9.17, 15) is 14.4 Å². The van der Waals surface area contributed by atoms with Crippen LogP contribution in [0.3, 0.4) is 0 Å². The number of carbonyl (C=O) groups excluding carboxylic acids is 3. The fourth-order valence-corrected chi connectivity index (χ4v) is 3.26. The fourth-order valence-electron chi connectivity index (χ4n) is 3.26. The minimum Gasteiger partial charge on any atom is -0.344 e. The van der Waals surface area contributed by atoms with Gasteiger partial charge in [0.2, 0.25) is 17.7 Å². The quantitative estimate of drug-likeness (QED) is 0.829. The Morgan fingerprint density at radius 2 is 1.76 bits per heavy atom. The van der Waals surface area contributed by atoms with E-state index in [2.05, 4.69) is 10.6 Å². The van der Waals surface area contributed by atoms with Crippen molar-refractivity contribution in [2.24, 2.45) is 5.92 Å². The molecule has 1 fully saturated rings. The van der Waals surface area contributed by atoms with Gasteiger partial charge in [0.25, 0.3) is 0 Å². The van der Waals surface area contributed by atoms with E-state index in [0.717, 1.165) is 31.2 Å². The third-order valence-corrected chi connectivity index (χ3v) is 4.59. The molecule has 0 spiro atoms. The number of amides is 3. The molecule has 1 aliphatic carbocycles. The summed E-state index contributed by atoms with van der Waals surface area (Å²) in [5.41, 5.74) is 1.81. The molecule has 0 aromatic heterocycles. The van der Waals surface area contributed by atoms with Gasteiger partial charge in [0.1, 0.15) is 6.04 Å². The highest BCUT2D eigenvalue weighted by Gasteiger charge is 2.33. The molecule has 1 saturated carbocycles. The van der Waals surface area contributed by atoms with Crippen LogP contribution in [0.1, 0.15) is 38.2 Å². The monoisotopic (exact) mass is 345 g/mol. The molecule has 1 aromatic rings. The van der Waals surface area contributed by atoms with Gasteiger partial charge in [-0.3, -0.25) is 14.4 Å². The van der Waals surface area contributed by atoms with E-state index in [4.69, 9.17) is 0 Å². The van der Waals surface area contributed by atoms with Gasteiger partial charge in [-0.1, -0.05) is 30.5 Å². The zero-order valence-electron chi connectivity index (χ0n) is 15.2. The lowest BCUT2D eigenvalue weighted by Gasteiger charge is -2.28. The van der Waals surface area contributed by atoms with E-state index in [-0.39, 0.29) is 30.2 Å². The number of rotatable bonds is 6. The lowest BCUT2D eigenvalue weighted by Crippen LogP contribution is -2.51. The second-order valence-electron chi connectivity index (χ2n) is 6.83. The van der Waals surface area contributed by atoms with Gasteiger partial charge < -0.3 is 15.5 Å². The average molecular weight is 345 g/mol. The normalized spacial score (nSPS) is 15.5. The van der Waals surface area contributed by atoms with Gasteiger partial charge in [-0.2, -0.15) is 0 Å². The van der Waals surface area contributed by atoms with Crippen molar-refractivity contribution in [1.29, 1.82) is 0 Å². The molecule has 1 atom stereocenters. The van der Waals surface area contributed by atoms with Crippen LogP contribution < -0.4 is 10.6 Å². The molecule has 1 unspecified atom stereocenters. The first-order valence-corrected chi connectivity index (χ1v) is 8.75. The van der Waals surface area contributed by atoms with E-state index < -0.39 is 6.04 Å². The van der Waals surface area contributed by atoms with Crippen molar-refractivity contribution in [3.8, 4) is 0 Å². The fraction of sp³-hybridized carbons (Fsp3) is 0.526. The van der Waals surface area contributed by atoms with Crippen LogP contribution in [0, 0.1) is 12.8 Å². The molecule has 0 bridgehead atoms. The molecular weight excluding hydrogens is 318 g/mol. The molecule has 6 heteroatoms. The van der Waals surface area contributed by atoms with Crippen LogP contribution in [0.15, 0.2) is 24.3 Å². The number of nitrogens with zero attached hydrogens (tertiary/aromatic N) is 1. The van der Waals surface area contributed by atoms with Gasteiger partial charge in [0.05, 0.1) is 6.54 Å². The Hall–Kier alpha value is -2.37. The number of hydrogen-bond donors (Lipinski definition) is 2. The average Bonchev–Trinajstić information content (AvgIpc) is 3.08. The van der Waals surface area contributed by atoms with E-state index in [1.165, 1.54) is 11.8 Å². The molecule has 0 radical (unpaired) electrons. The summed E-state index contributed by atoms with van der Waals surface area (Å²) in [5.74, 6) is -0.532. The third-order valence-electron chi connectivity index (χ3n) is 4.59. The molecule has 1 aliphatic rings. The highest BCUT2D eigenvalue weighted by molar-refractivity contribution is 5.96. The zero-order chi connectivity index (χ0) is 18.4. The molecular formula is C19H27N3O3. The van der Waals surface area contributed by atoms with Crippen molar-refractivity contribution < 1.29 is 14.4 Å². The molecule has 25 heavy (non-hydrogen) atoms. The largest absolute Gasteiger partial charge is 0.344 e. The smallest absolute Gasteiger partial charge is 0.245 e. The van der Waals surface area contributed by atoms with Crippen molar-refractivity contribution >= 4 is 23.4 Å². The van der Waals surface area contributed by atoms with Gasteiger partial charge in [-0.25, -0.2) is 0 Å². The highest BCUT2D eigenvalue weighted by Crippen LogP contribution is 2.28. The summed E-state index contributed by atoms with van der Waals surface area (Å²) in [6.45, 7) is 3.35. The summed E-state index contributed by atoms with van der Waals surface area (Å²) in [4.78, 5) is 37.8. The lowest BCUT2D eigenvalue weighted by molar-refractivity contribution is -0.138. The van der Waals surface area contributed by atoms with Crippen LogP contribution in [0.2, 0.25) is 0 Å². The molecule has 136 valence electrons. The molecule has 6 nitrogen and oxygen atoms in total. The Bertz CT molecular complexity index is 621. The van der Waals surface area contributed by atoms with E-state index in [1.807, 2.05) is 31.2 Å². The molecule has 0 heterocycles. The summed E-state index contributed by atoms with van der Waals surface area (Å²) in [6, 6.07) is 6.94. The van der Waals surface area contributed by atoms with Crippen molar-refractivity contribution in [1.82, 2.24) is 10.2 Å². The Morgan fingerprint density at radius 1 is 1.16 bits per heavy atom. The summed E-state index contributed by atoms with van der Waals surface area (Å²) in [6.07, 6.45) is 4.01. The number of anilines is 1. The van der Waals surface area contributed by atoms with Crippen LogP contribution in [0.5, 0.6) is 0 Å². The van der Waals surface area contributed by atoms with Crippen molar-refractivity contribution in [2.75, 3.05) is 18.9 Å². The Kier molecular flexibility index (Phi) is 6.56. The number of aryl methyl sites for hydroxylation is 1. The predicted octanol–water partition coefficient (Wildman–Crippen LogP) is 2.09. The standard InChI is InChI=1S/C19H27N3O3/c1-13-8-10-16(11-9-13)21-17(24)12-22(3)19(25)18(20-14(2)23)15-6-4-5-7-15/h8-11,15,18H,4-7,12H2,1-3H3,(H,20,23)(H,21,24). The van der Waals surface area contributed by atoms with Gasteiger partial charge in [0, 0.05) is 19.7 Å². The zero-order valence-corrected chi connectivity index (χ0v) is 15.2. The van der Waals surface area contributed by atoms with Crippen LogP contribution in [-0.4, -0.2) is 42.3 Å². The molecule has 2 rings (SSSR count). The first-order valence-electron chi connectivity index (χ1n) is 8.75. The van der Waals surface area contributed by atoms with Crippen molar-refractivity contribution in [2.45, 2.75) is 45.6 Å². The maximum Gasteiger partial charge on any atom is 0.245 e. The van der Waals surface area contributed by atoms with E-state index in [0.29, 0.717) is 5.69 Å². The molecule has 3 amide bonds. The first-order chi connectivity index (χ1) is 11.9. The summed E-state index contributed by atoms with van der Waals surface area (Å²) in [5, 5.41) is 5.55. The first kappa shape index (κ1) is 19.0. The molecule has 2 N–H and O–H groups in total. The Morgan fingerprint density at radius 3 is 2.32 bits per heavy atom. The maximum atomic E-state index is 12.7. The molecule has 0 aliphatic heterocycles. The van der Waals surface area contributed by atoms with E-state index in [1.54, 1.807) is 7.05 Å². The number of likely N-dealkylation sites (N-methyl/N-ethyl adjacent to an activating group) is 1. The molecule has 0 saturated heterocycles. The Labute approximate surface area is 149 Å². The summed E-state index contributed by atoms with van der Waals surface area (Å²) in [7, 11) is 1.60. The number of hydrogen-bond acceptors (Lipinski definition) is 3. The second kappa shape index (κ2) is 8.65. The number of benzene rings is 1. The van der Waals surface area contributed by atoms with Crippen LogP contribution in [-0.2, 0) is 14.4 Å². The van der Waals surface area contributed by atoms with Gasteiger partial charge in [-0.05, 0) is 37.8 Å². The van der Waals surface area contributed by atoms with Gasteiger partial charge >= 0.3 is 0 Å². The van der Waals surface area contributed by atoms with Crippen LogP contribution in [0.4, 0.5) is 5.69 Å². The summed E-state index contributed by atoms with van der Waals surface area (Å²) < 4.78 is 0. The second-order valence-corrected chi connectivity index (χ2v) is 6.83. The topological polar surface area (TPSA) is 78.5 Å². The number of carbonyl (C=O) groups is 3. The maximum absolute atomic E-state index is 12.7. The SMILES string of the molecule is CC(=O)NC(C(=O)N(C)CC(=O)Nc1ccc(C)cc1)C1CCCC1. The van der Waals surface area contributed by atoms with Crippen molar-refractivity contribution in [3.05, 3.63) is 29.8 Å². The summed E-state index contributed by atoms with van der Waals surface area (Å²) >= 11 is 0. The predicted molar refractivity (Wildman–Crippen MR) is 97.0 cm³/mol. The van der Waals surface area contributed by atoms with Crippen molar-refractivity contribution in [3.63, 3.8) is 0 Å². The van der Waals surface area contributed by atoms with Crippen LogP contribution in [0.25, 0.3) is 0 Å². The van der Waals surface area contributed by atoms with Gasteiger partial charge in [0.15, 0.2) is 0 Å². The highest BCUT2D eigenvalue weighted by atomic mass is 16.2. The Balaban J connectivity index is 1.95. The van der Waals surface area contributed by atoms with Gasteiger partial charge in [-0.15, -0.1) is 0 Å². The van der Waals surface area contributed by atoms with E-state index >= 15 is 0 Å². The van der Waals surface area contributed by atoms with Crippen LogP contribution >= 0.6 is 0 Å². The number of nitrogens with one attached hydrogen (secondary N) is 2. The minimum atomic E-state index is -0.544. The lowest BCUT2D eigenvalue weighted by atomic mass is 9.96. The third kappa shape index (κ3) is 5.59. The molecule has 1 aromatic carbocycles. The minimum absolute atomic E-state index is 0.0461.